The first-order chi connectivity index (χ1) is 9.06. The molecule has 0 spiro atoms. The van der Waals surface area contributed by atoms with Crippen molar-refractivity contribution in [1.82, 2.24) is 4.98 Å². The van der Waals surface area contributed by atoms with Gasteiger partial charge in [-0.3, -0.25) is 4.79 Å². The molecule has 0 saturated heterocycles. The first kappa shape index (κ1) is 14.1. The number of rotatable bonds is 4. The second-order valence-corrected chi connectivity index (χ2v) is 6.11. The van der Waals surface area contributed by atoms with Gasteiger partial charge in [0.15, 0.2) is 5.78 Å². The molecule has 0 bridgehead atoms. The van der Waals surface area contributed by atoms with Crippen LogP contribution in [0.15, 0.2) is 47.6 Å². The smallest absolute Gasteiger partial charge is 0.175 e. The second kappa shape index (κ2) is 6.22. The van der Waals surface area contributed by atoms with Crippen LogP contribution in [0, 0.1) is 6.92 Å². The molecule has 1 heterocycles. The molecular weight excluding hydrogens is 278 g/mol. The Hall–Kier alpha value is -1.32. The van der Waals surface area contributed by atoms with Gasteiger partial charge >= 0.3 is 0 Å². The summed E-state index contributed by atoms with van der Waals surface area (Å²) >= 11 is 7.36. The van der Waals surface area contributed by atoms with Gasteiger partial charge in [-0.15, -0.1) is 0 Å². The van der Waals surface area contributed by atoms with Crippen molar-refractivity contribution < 1.29 is 4.79 Å². The topological polar surface area (TPSA) is 30.0 Å². The van der Waals surface area contributed by atoms with E-state index >= 15 is 0 Å². The Labute approximate surface area is 122 Å². The maximum absolute atomic E-state index is 12.3. The van der Waals surface area contributed by atoms with E-state index in [1.807, 2.05) is 26.0 Å². The number of hydrogen-bond donors (Lipinski definition) is 0. The van der Waals surface area contributed by atoms with E-state index in [2.05, 4.69) is 4.98 Å². The van der Waals surface area contributed by atoms with Crippen LogP contribution in [0.1, 0.15) is 22.8 Å². The number of aromatic nitrogens is 1. The molecule has 0 saturated carbocycles. The molecule has 1 aromatic carbocycles. The summed E-state index contributed by atoms with van der Waals surface area (Å²) in [4.78, 5) is 16.6. The van der Waals surface area contributed by atoms with E-state index in [1.54, 1.807) is 30.5 Å². The number of halogens is 1. The summed E-state index contributed by atoms with van der Waals surface area (Å²) in [5.41, 5.74) is 1.75. The van der Waals surface area contributed by atoms with E-state index in [1.165, 1.54) is 11.8 Å². The van der Waals surface area contributed by atoms with Crippen LogP contribution in [0.5, 0.6) is 0 Å². The lowest BCUT2D eigenvalue weighted by Gasteiger charge is -2.10. The van der Waals surface area contributed by atoms with Crippen molar-refractivity contribution >= 4 is 29.1 Å². The van der Waals surface area contributed by atoms with E-state index in [4.69, 9.17) is 11.6 Å². The molecule has 0 aliphatic carbocycles. The summed E-state index contributed by atoms with van der Waals surface area (Å²) in [6.07, 6.45) is 1.80. The molecule has 2 rings (SSSR count). The van der Waals surface area contributed by atoms with Gasteiger partial charge in [0.05, 0.1) is 10.3 Å². The lowest BCUT2D eigenvalue weighted by atomic mass is 10.1. The Balaban J connectivity index is 2.09. The SMILES string of the molecule is Cc1ccc(SC(C)C(=O)c2cccc(Cl)c2)nc1. The minimum absolute atomic E-state index is 0.0647. The lowest BCUT2D eigenvalue weighted by molar-refractivity contribution is 0.0994. The first-order valence-electron chi connectivity index (χ1n) is 5.95. The molecule has 2 aromatic rings. The Morgan fingerprint density at radius 2 is 2.11 bits per heavy atom. The average Bonchev–Trinajstić information content (AvgIpc) is 2.40. The van der Waals surface area contributed by atoms with Gasteiger partial charge in [-0.2, -0.15) is 0 Å². The van der Waals surface area contributed by atoms with Crippen molar-refractivity contribution in [3.05, 3.63) is 58.7 Å². The minimum atomic E-state index is -0.186. The number of nitrogens with zero attached hydrogens (tertiary/aromatic N) is 1. The summed E-state index contributed by atoms with van der Waals surface area (Å²) in [5, 5.41) is 1.25. The predicted molar refractivity (Wildman–Crippen MR) is 80.1 cm³/mol. The van der Waals surface area contributed by atoms with Crippen LogP contribution < -0.4 is 0 Å². The largest absolute Gasteiger partial charge is 0.293 e. The molecule has 19 heavy (non-hydrogen) atoms. The molecule has 0 radical (unpaired) electrons. The normalized spacial score (nSPS) is 12.2. The van der Waals surface area contributed by atoms with Gasteiger partial charge < -0.3 is 0 Å². The number of ketones is 1. The highest BCUT2D eigenvalue weighted by atomic mass is 35.5. The maximum Gasteiger partial charge on any atom is 0.175 e. The van der Waals surface area contributed by atoms with Gasteiger partial charge in [0.2, 0.25) is 0 Å². The third-order valence-electron chi connectivity index (χ3n) is 2.66. The fourth-order valence-corrected chi connectivity index (χ4v) is 2.69. The molecule has 1 aromatic heterocycles. The Morgan fingerprint density at radius 3 is 2.74 bits per heavy atom. The highest BCUT2D eigenvalue weighted by Gasteiger charge is 2.17. The molecule has 0 amide bonds. The maximum atomic E-state index is 12.3. The molecule has 2 nitrogen and oxygen atoms in total. The van der Waals surface area contributed by atoms with Gasteiger partial charge in [0.25, 0.3) is 0 Å². The molecule has 0 fully saturated rings. The fourth-order valence-electron chi connectivity index (χ4n) is 1.64. The van der Waals surface area contributed by atoms with Crippen molar-refractivity contribution in [3.8, 4) is 0 Å². The Morgan fingerprint density at radius 1 is 1.32 bits per heavy atom. The number of pyridine rings is 1. The zero-order valence-corrected chi connectivity index (χ0v) is 12.3. The molecule has 0 aliphatic heterocycles. The highest BCUT2D eigenvalue weighted by Crippen LogP contribution is 2.24. The number of hydrogen-bond acceptors (Lipinski definition) is 3. The fraction of sp³-hybridized carbons (Fsp3) is 0.200. The van der Waals surface area contributed by atoms with Crippen molar-refractivity contribution in [2.45, 2.75) is 24.1 Å². The summed E-state index contributed by atoms with van der Waals surface area (Å²) < 4.78 is 0. The van der Waals surface area contributed by atoms with E-state index in [9.17, 15) is 4.79 Å². The first-order valence-corrected chi connectivity index (χ1v) is 7.21. The summed E-state index contributed by atoms with van der Waals surface area (Å²) in [6, 6.07) is 11.0. The third kappa shape index (κ3) is 3.82. The molecule has 0 N–H and O–H groups in total. The van der Waals surface area contributed by atoms with Gasteiger partial charge in [-0.1, -0.05) is 41.6 Å². The van der Waals surface area contributed by atoms with Crippen molar-refractivity contribution in [2.24, 2.45) is 0 Å². The number of carbonyl (C=O) groups is 1. The molecule has 0 aliphatic rings. The van der Waals surface area contributed by atoms with Crippen molar-refractivity contribution in [1.29, 1.82) is 0 Å². The van der Waals surface area contributed by atoms with E-state index in [-0.39, 0.29) is 11.0 Å². The van der Waals surface area contributed by atoms with Crippen molar-refractivity contribution in [2.75, 3.05) is 0 Å². The van der Waals surface area contributed by atoms with Gasteiger partial charge in [-0.05, 0) is 37.6 Å². The number of Topliss-reactive ketones (excluding diaryl/α,β-unsaturated/α-hetero) is 1. The second-order valence-electron chi connectivity index (χ2n) is 4.31. The summed E-state index contributed by atoms with van der Waals surface area (Å²) in [7, 11) is 0. The van der Waals surface area contributed by atoms with E-state index in [0.29, 0.717) is 10.6 Å². The van der Waals surface area contributed by atoms with Gasteiger partial charge in [0, 0.05) is 16.8 Å². The zero-order chi connectivity index (χ0) is 13.8. The van der Waals surface area contributed by atoms with E-state index in [0.717, 1.165) is 10.6 Å². The Bertz CT molecular complexity index is 583. The predicted octanol–water partition coefficient (Wildman–Crippen LogP) is 4.41. The quantitative estimate of drug-likeness (QED) is 0.617. The molecule has 1 unspecified atom stereocenters. The molecular formula is C15H14ClNOS. The summed E-state index contributed by atoms with van der Waals surface area (Å²) in [6.45, 7) is 3.87. The van der Waals surface area contributed by atoms with Crippen LogP contribution in [-0.4, -0.2) is 16.0 Å². The van der Waals surface area contributed by atoms with Crippen molar-refractivity contribution in [3.63, 3.8) is 0 Å². The number of thioether (sulfide) groups is 1. The average molecular weight is 292 g/mol. The van der Waals surface area contributed by atoms with E-state index < -0.39 is 0 Å². The van der Waals surface area contributed by atoms with Gasteiger partial charge in [0.1, 0.15) is 0 Å². The van der Waals surface area contributed by atoms with Crippen LogP contribution in [0.3, 0.4) is 0 Å². The molecule has 98 valence electrons. The zero-order valence-electron chi connectivity index (χ0n) is 10.8. The van der Waals surface area contributed by atoms with Crippen LogP contribution in [0.25, 0.3) is 0 Å². The van der Waals surface area contributed by atoms with Gasteiger partial charge in [-0.25, -0.2) is 4.98 Å². The monoisotopic (exact) mass is 291 g/mol. The number of carbonyl (C=O) groups excluding carboxylic acids is 1. The third-order valence-corrected chi connectivity index (χ3v) is 3.95. The highest BCUT2D eigenvalue weighted by molar-refractivity contribution is 8.00. The van der Waals surface area contributed by atoms with Crippen LogP contribution >= 0.6 is 23.4 Å². The molecule has 1 atom stereocenters. The van der Waals surface area contributed by atoms with Crippen LogP contribution in [-0.2, 0) is 0 Å². The Kier molecular flexibility index (Phi) is 4.61. The minimum Gasteiger partial charge on any atom is -0.293 e. The number of benzene rings is 1. The van der Waals surface area contributed by atoms with Crippen LogP contribution in [0.4, 0.5) is 0 Å². The standard InChI is InChI=1S/C15H14ClNOS/c1-10-6-7-14(17-9-10)19-11(2)15(18)12-4-3-5-13(16)8-12/h3-9,11H,1-2H3. The number of aryl methyl sites for hydroxylation is 1. The molecule has 4 heteroatoms. The summed E-state index contributed by atoms with van der Waals surface area (Å²) in [5.74, 6) is 0.0647. The lowest BCUT2D eigenvalue weighted by Crippen LogP contribution is -2.13. The van der Waals surface area contributed by atoms with Crippen LogP contribution in [0.2, 0.25) is 5.02 Å².